The normalized spacial score (nSPS) is 12.5. The summed E-state index contributed by atoms with van der Waals surface area (Å²) in [6, 6.07) is 17.0. The van der Waals surface area contributed by atoms with E-state index in [-0.39, 0.29) is 0 Å². The summed E-state index contributed by atoms with van der Waals surface area (Å²) < 4.78 is 0. The van der Waals surface area contributed by atoms with Gasteiger partial charge in [0.05, 0.1) is 22.8 Å². The molecule has 0 fully saturated rings. The highest BCUT2D eigenvalue weighted by Gasteiger charge is 2.08. The number of benzene rings is 2. The smallest absolute Gasteiger partial charge is 0.0662 e. The van der Waals surface area contributed by atoms with Crippen molar-refractivity contribution in [3.05, 3.63) is 80.5 Å². The minimum Gasteiger partial charge on any atom is -0.252 e. The maximum absolute atomic E-state index is 4.84. The minimum atomic E-state index is 1.04. The molecule has 138 valence electrons. The molecule has 0 bridgehead atoms. The van der Waals surface area contributed by atoms with Crippen LogP contribution in [-0.4, -0.2) is 11.4 Å². The maximum Gasteiger partial charge on any atom is 0.0662 e. The Hall–Kier alpha value is -2.52. The van der Waals surface area contributed by atoms with Crippen molar-refractivity contribution in [3.8, 4) is 0 Å². The molecule has 0 amide bonds. The second kappa shape index (κ2) is 8.01. The highest BCUT2D eigenvalue weighted by molar-refractivity contribution is 7.16. The van der Waals surface area contributed by atoms with E-state index in [1.54, 1.807) is 11.3 Å². The average molecular weight is 375 g/mol. The largest absolute Gasteiger partial charge is 0.252 e. The zero-order chi connectivity index (χ0) is 19.6. The molecule has 0 saturated heterocycles. The summed E-state index contributed by atoms with van der Waals surface area (Å²) in [6.07, 6.45) is 0. The second-order valence-corrected chi connectivity index (χ2v) is 8.22. The molecule has 0 spiro atoms. The summed E-state index contributed by atoms with van der Waals surface area (Å²) in [5.41, 5.74) is 9.09. The fourth-order valence-electron chi connectivity index (χ4n) is 3.06. The first-order chi connectivity index (χ1) is 12.8. The van der Waals surface area contributed by atoms with Crippen LogP contribution in [0, 0.1) is 27.7 Å². The van der Waals surface area contributed by atoms with Gasteiger partial charge in [-0.2, -0.15) is 0 Å². The van der Waals surface area contributed by atoms with E-state index >= 15 is 0 Å². The van der Waals surface area contributed by atoms with Gasteiger partial charge in [0.2, 0.25) is 0 Å². The van der Waals surface area contributed by atoms with Crippen molar-refractivity contribution in [1.82, 2.24) is 0 Å². The Labute approximate surface area is 166 Å². The number of nitrogens with zero attached hydrogens (tertiary/aromatic N) is 2. The Morgan fingerprint density at radius 3 is 1.41 bits per heavy atom. The third-order valence-electron chi connectivity index (χ3n) is 4.60. The first-order valence-electron chi connectivity index (χ1n) is 9.19. The van der Waals surface area contributed by atoms with Crippen molar-refractivity contribution < 1.29 is 0 Å². The number of aliphatic imine (C=N–C) groups is 2. The summed E-state index contributed by atoms with van der Waals surface area (Å²) in [6.45, 7) is 12.6. The predicted molar refractivity (Wildman–Crippen MR) is 120 cm³/mol. The Morgan fingerprint density at radius 2 is 1.04 bits per heavy atom. The number of thiophene rings is 1. The molecule has 2 nitrogen and oxygen atoms in total. The molecule has 0 aliphatic heterocycles. The molecule has 0 N–H and O–H groups in total. The number of hydrogen-bond acceptors (Lipinski definition) is 3. The van der Waals surface area contributed by atoms with Crippen LogP contribution in [0.15, 0.2) is 58.5 Å². The van der Waals surface area contributed by atoms with E-state index < -0.39 is 0 Å². The third kappa shape index (κ3) is 4.61. The van der Waals surface area contributed by atoms with E-state index in [2.05, 4.69) is 90.1 Å². The monoisotopic (exact) mass is 374 g/mol. The van der Waals surface area contributed by atoms with Gasteiger partial charge in [-0.15, -0.1) is 11.3 Å². The molecule has 3 aromatic rings. The topological polar surface area (TPSA) is 24.7 Å². The van der Waals surface area contributed by atoms with Gasteiger partial charge in [0, 0.05) is 9.75 Å². The first-order valence-corrected chi connectivity index (χ1v) is 10.0. The molecular formula is C24H26N2S. The molecule has 0 aliphatic carbocycles. The van der Waals surface area contributed by atoms with Crippen LogP contribution in [-0.2, 0) is 0 Å². The van der Waals surface area contributed by atoms with E-state index in [0.717, 1.165) is 22.8 Å². The van der Waals surface area contributed by atoms with Gasteiger partial charge in [-0.1, -0.05) is 35.4 Å². The SMILES string of the molecule is C/C(=N\c1ccc(C)cc1C)c1ccc(/C(C)=N/c2ccc(C)cc2C)s1. The van der Waals surface area contributed by atoms with Gasteiger partial charge in [0.15, 0.2) is 0 Å². The summed E-state index contributed by atoms with van der Waals surface area (Å²) in [5.74, 6) is 0. The molecule has 0 unspecified atom stereocenters. The molecular weight excluding hydrogens is 348 g/mol. The van der Waals surface area contributed by atoms with Crippen LogP contribution in [0.3, 0.4) is 0 Å². The number of rotatable bonds is 4. The van der Waals surface area contributed by atoms with Crippen molar-refractivity contribution >= 4 is 34.1 Å². The zero-order valence-electron chi connectivity index (χ0n) is 16.9. The van der Waals surface area contributed by atoms with Gasteiger partial charge >= 0.3 is 0 Å². The molecule has 3 heteroatoms. The van der Waals surface area contributed by atoms with E-state index in [0.29, 0.717) is 0 Å². The third-order valence-corrected chi connectivity index (χ3v) is 5.90. The van der Waals surface area contributed by atoms with Crippen LogP contribution < -0.4 is 0 Å². The van der Waals surface area contributed by atoms with E-state index in [9.17, 15) is 0 Å². The summed E-state index contributed by atoms with van der Waals surface area (Å²) in [4.78, 5) is 12.0. The molecule has 1 aromatic heterocycles. The van der Waals surface area contributed by atoms with Crippen LogP contribution in [0.5, 0.6) is 0 Å². The van der Waals surface area contributed by atoms with Gasteiger partial charge in [-0.05, 0) is 76.9 Å². The van der Waals surface area contributed by atoms with Crippen LogP contribution in [0.2, 0.25) is 0 Å². The van der Waals surface area contributed by atoms with Crippen molar-refractivity contribution in [2.24, 2.45) is 9.98 Å². The lowest BCUT2D eigenvalue weighted by Gasteiger charge is -2.04. The van der Waals surface area contributed by atoms with E-state index in [4.69, 9.17) is 9.98 Å². The molecule has 2 aromatic carbocycles. The van der Waals surface area contributed by atoms with Crippen LogP contribution >= 0.6 is 11.3 Å². The van der Waals surface area contributed by atoms with Gasteiger partial charge in [0.25, 0.3) is 0 Å². The standard InChI is InChI=1S/C24H26N2S/c1-15-7-9-21(17(3)13-15)25-19(5)23-11-12-24(27-23)20(6)26-22-10-8-16(2)14-18(22)4/h7-14H,1-6H3/b25-19+,26-20+. The van der Waals surface area contributed by atoms with Crippen LogP contribution in [0.1, 0.15) is 45.9 Å². The lowest BCUT2D eigenvalue weighted by Crippen LogP contribution is -1.91. The fourth-order valence-corrected chi connectivity index (χ4v) is 3.96. The Bertz CT molecular complexity index is 956. The summed E-state index contributed by atoms with van der Waals surface area (Å²) >= 11 is 1.74. The maximum atomic E-state index is 4.84. The van der Waals surface area contributed by atoms with Gasteiger partial charge in [-0.25, -0.2) is 0 Å². The predicted octanol–water partition coefficient (Wildman–Crippen LogP) is 7.26. The fraction of sp³-hybridized carbons (Fsp3) is 0.250. The lowest BCUT2D eigenvalue weighted by molar-refractivity contribution is 1.34. The Morgan fingerprint density at radius 1 is 0.630 bits per heavy atom. The molecule has 3 rings (SSSR count). The number of aryl methyl sites for hydroxylation is 4. The highest BCUT2D eigenvalue weighted by atomic mass is 32.1. The van der Waals surface area contributed by atoms with Gasteiger partial charge in [0.1, 0.15) is 0 Å². The molecule has 0 atom stereocenters. The van der Waals surface area contributed by atoms with Crippen LogP contribution in [0.25, 0.3) is 0 Å². The van der Waals surface area contributed by atoms with E-state index in [1.165, 1.54) is 32.0 Å². The van der Waals surface area contributed by atoms with Gasteiger partial charge in [-0.3, -0.25) is 9.98 Å². The van der Waals surface area contributed by atoms with Crippen LogP contribution in [0.4, 0.5) is 11.4 Å². The summed E-state index contributed by atoms with van der Waals surface area (Å²) in [7, 11) is 0. The molecule has 27 heavy (non-hydrogen) atoms. The van der Waals surface area contributed by atoms with Crippen molar-refractivity contribution in [1.29, 1.82) is 0 Å². The zero-order valence-corrected chi connectivity index (χ0v) is 17.7. The summed E-state index contributed by atoms with van der Waals surface area (Å²) in [5, 5.41) is 0. The van der Waals surface area contributed by atoms with Gasteiger partial charge < -0.3 is 0 Å². The van der Waals surface area contributed by atoms with Crippen molar-refractivity contribution in [2.75, 3.05) is 0 Å². The highest BCUT2D eigenvalue weighted by Crippen LogP contribution is 2.26. The number of hydrogen-bond donors (Lipinski definition) is 0. The van der Waals surface area contributed by atoms with Crippen molar-refractivity contribution in [3.63, 3.8) is 0 Å². The minimum absolute atomic E-state index is 1.04. The van der Waals surface area contributed by atoms with E-state index in [1.807, 2.05) is 0 Å². The average Bonchev–Trinajstić information content (AvgIpc) is 3.10. The second-order valence-electron chi connectivity index (χ2n) is 7.14. The molecule has 0 aliphatic rings. The quantitative estimate of drug-likeness (QED) is 0.429. The Kier molecular flexibility index (Phi) is 5.71. The van der Waals surface area contributed by atoms with Crippen molar-refractivity contribution in [2.45, 2.75) is 41.5 Å². The lowest BCUT2D eigenvalue weighted by atomic mass is 10.1. The molecule has 1 heterocycles. The molecule has 0 radical (unpaired) electrons. The molecule has 0 saturated carbocycles. The first kappa shape index (κ1) is 19.2. The Balaban J connectivity index is 1.87.